The summed E-state index contributed by atoms with van der Waals surface area (Å²) in [6.07, 6.45) is 4.35. The van der Waals surface area contributed by atoms with Gasteiger partial charge in [0.05, 0.1) is 0 Å². The Morgan fingerprint density at radius 3 is 2.73 bits per heavy atom. The van der Waals surface area contributed by atoms with Crippen LogP contribution in [0.1, 0.15) is 36.0 Å². The maximum absolute atomic E-state index is 13.2. The fourth-order valence-electron chi connectivity index (χ4n) is 3.72. The predicted octanol–water partition coefficient (Wildman–Crippen LogP) is 4.77. The van der Waals surface area contributed by atoms with E-state index in [0.29, 0.717) is 11.5 Å². The molecular weight excluding hydrogens is 329 g/mol. The predicted molar refractivity (Wildman–Crippen MR) is 102 cm³/mol. The number of hydrogen-bond acceptors (Lipinski definition) is 2. The van der Waals surface area contributed by atoms with Crippen molar-refractivity contribution in [3.63, 3.8) is 0 Å². The Kier molecular flexibility index (Phi) is 6.40. The van der Waals surface area contributed by atoms with E-state index in [4.69, 9.17) is 4.74 Å². The van der Waals surface area contributed by atoms with Gasteiger partial charge in [0, 0.05) is 32.4 Å². The van der Waals surface area contributed by atoms with Crippen molar-refractivity contribution in [2.24, 2.45) is 5.92 Å². The first-order valence-corrected chi connectivity index (χ1v) is 9.32. The van der Waals surface area contributed by atoms with Gasteiger partial charge in [-0.15, -0.1) is 0 Å². The summed E-state index contributed by atoms with van der Waals surface area (Å²) in [6, 6.07) is 13.9. The minimum atomic E-state index is -0.271. The van der Waals surface area contributed by atoms with E-state index in [1.54, 1.807) is 19.2 Å². The molecule has 1 fully saturated rings. The second-order valence-corrected chi connectivity index (χ2v) is 6.95. The van der Waals surface area contributed by atoms with Crippen molar-refractivity contribution in [1.29, 1.82) is 0 Å². The molecule has 0 aromatic heterocycles. The number of halogens is 1. The summed E-state index contributed by atoms with van der Waals surface area (Å²) in [5.41, 5.74) is 2.42. The third kappa shape index (κ3) is 4.50. The Labute approximate surface area is 154 Å². The van der Waals surface area contributed by atoms with Crippen LogP contribution in [0.5, 0.6) is 0 Å². The Hall–Kier alpha value is -2.20. The van der Waals surface area contributed by atoms with Gasteiger partial charge < -0.3 is 9.64 Å². The zero-order chi connectivity index (χ0) is 18.4. The van der Waals surface area contributed by atoms with E-state index in [1.165, 1.54) is 18.6 Å². The maximum Gasteiger partial charge on any atom is 0.254 e. The van der Waals surface area contributed by atoms with Crippen LogP contribution in [-0.4, -0.2) is 37.6 Å². The van der Waals surface area contributed by atoms with Crippen molar-refractivity contribution in [3.05, 3.63) is 59.9 Å². The molecule has 138 valence electrons. The van der Waals surface area contributed by atoms with Crippen LogP contribution in [-0.2, 0) is 4.74 Å². The molecule has 0 N–H and O–H groups in total. The van der Waals surface area contributed by atoms with Crippen LogP contribution in [0, 0.1) is 11.7 Å². The molecule has 0 unspecified atom stereocenters. The minimum Gasteiger partial charge on any atom is -0.385 e. The third-order valence-electron chi connectivity index (χ3n) is 5.08. The lowest BCUT2D eigenvalue weighted by atomic mass is 9.92. The molecule has 3 rings (SSSR count). The van der Waals surface area contributed by atoms with Gasteiger partial charge in [-0.2, -0.15) is 0 Å². The quantitative estimate of drug-likeness (QED) is 0.699. The van der Waals surface area contributed by atoms with Gasteiger partial charge in [-0.05, 0) is 60.9 Å². The molecule has 1 heterocycles. The van der Waals surface area contributed by atoms with Crippen LogP contribution in [0.2, 0.25) is 0 Å². The number of piperidine rings is 1. The highest BCUT2D eigenvalue weighted by Crippen LogP contribution is 2.28. The molecule has 0 spiro atoms. The number of likely N-dealkylation sites (tertiary alicyclic amines) is 1. The number of ether oxygens (including phenoxy) is 1. The van der Waals surface area contributed by atoms with E-state index in [2.05, 4.69) is 0 Å². The van der Waals surface area contributed by atoms with E-state index in [-0.39, 0.29) is 11.7 Å². The first kappa shape index (κ1) is 18.6. The third-order valence-corrected chi connectivity index (χ3v) is 5.08. The monoisotopic (exact) mass is 355 g/mol. The summed E-state index contributed by atoms with van der Waals surface area (Å²) in [7, 11) is 1.73. The van der Waals surface area contributed by atoms with Gasteiger partial charge in [0.2, 0.25) is 0 Å². The van der Waals surface area contributed by atoms with Crippen LogP contribution in [0.3, 0.4) is 0 Å². The second-order valence-electron chi connectivity index (χ2n) is 6.95. The zero-order valence-electron chi connectivity index (χ0n) is 15.3. The standard InChI is InChI=1S/C22H26FNO2/c1-26-15-5-7-17-6-4-14-24(16-17)22(25)21-9-3-2-8-20(21)18-10-12-19(23)13-11-18/h2-3,8-13,17H,4-7,14-16H2,1H3/t17-/m0/s1. The highest BCUT2D eigenvalue weighted by atomic mass is 19.1. The van der Waals surface area contributed by atoms with Gasteiger partial charge in [-0.3, -0.25) is 4.79 Å². The molecule has 26 heavy (non-hydrogen) atoms. The average Bonchev–Trinajstić information content (AvgIpc) is 2.68. The molecule has 1 saturated heterocycles. The first-order valence-electron chi connectivity index (χ1n) is 9.32. The number of carbonyl (C=O) groups excluding carboxylic acids is 1. The summed E-state index contributed by atoms with van der Waals surface area (Å²) in [5, 5.41) is 0. The molecule has 0 saturated carbocycles. The largest absolute Gasteiger partial charge is 0.385 e. The van der Waals surface area contributed by atoms with Crippen molar-refractivity contribution in [3.8, 4) is 11.1 Å². The number of hydrogen-bond donors (Lipinski definition) is 0. The molecule has 0 aliphatic carbocycles. The van der Waals surface area contributed by atoms with Gasteiger partial charge in [0.1, 0.15) is 5.82 Å². The SMILES string of the molecule is COCCC[C@@H]1CCCN(C(=O)c2ccccc2-c2ccc(F)cc2)C1. The summed E-state index contributed by atoms with van der Waals surface area (Å²) in [4.78, 5) is 15.1. The molecule has 2 aromatic rings. The lowest BCUT2D eigenvalue weighted by Gasteiger charge is -2.33. The summed E-state index contributed by atoms with van der Waals surface area (Å²) < 4.78 is 18.4. The van der Waals surface area contributed by atoms with Gasteiger partial charge in [0.15, 0.2) is 0 Å². The van der Waals surface area contributed by atoms with E-state index in [0.717, 1.165) is 50.1 Å². The Bertz CT molecular complexity index is 729. The first-order chi connectivity index (χ1) is 12.7. The molecule has 2 aromatic carbocycles. The van der Waals surface area contributed by atoms with Crippen molar-refractivity contribution < 1.29 is 13.9 Å². The summed E-state index contributed by atoms with van der Waals surface area (Å²) in [6.45, 7) is 2.38. The van der Waals surface area contributed by atoms with E-state index >= 15 is 0 Å². The number of amides is 1. The number of carbonyl (C=O) groups is 1. The van der Waals surface area contributed by atoms with Crippen LogP contribution in [0.25, 0.3) is 11.1 Å². The Morgan fingerprint density at radius 1 is 1.19 bits per heavy atom. The number of benzene rings is 2. The molecule has 1 aliphatic heterocycles. The Balaban J connectivity index is 1.76. The zero-order valence-corrected chi connectivity index (χ0v) is 15.3. The number of methoxy groups -OCH3 is 1. The molecule has 0 bridgehead atoms. The van der Waals surface area contributed by atoms with Gasteiger partial charge in [0.25, 0.3) is 5.91 Å². The second kappa shape index (κ2) is 8.95. The van der Waals surface area contributed by atoms with E-state index < -0.39 is 0 Å². The molecule has 1 aliphatic rings. The minimum absolute atomic E-state index is 0.0707. The molecule has 3 nitrogen and oxygen atoms in total. The van der Waals surface area contributed by atoms with Crippen LogP contribution >= 0.6 is 0 Å². The van der Waals surface area contributed by atoms with Crippen molar-refractivity contribution in [2.75, 3.05) is 26.8 Å². The van der Waals surface area contributed by atoms with Crippen LogP contribution < -0.4 is 0 Å². The van der Waals surface area contributed by atoms with Crippen LogP contribution in [0.15, 0.2) is 48.5 Å². The molecule has 1 amide bonds. The van der Waals surface area contributed by atoms with Crippen molar-refractivity contribution in [1.82, 2.24) is 4.90 Å². The lowest BCUT2D eigenvalue weighted by molar-refractivity contribution is 0.0661. The topological polar surface area (TPSA) is 29.5 Å². The smallest absolute Gasteiger partial charge is 0.254 e. The van der Waals surface area contributed by atoms with E-state index in [9.17, 15) is 9.18 Å². The van der Waals surface area contributed by atoms with Gasteiger partial charge >= 0.3 is 0 Å². The fraction of sp³-hybridized carbons (Fsp3) is 0.409. The summed E-state index contributed by atoms with van der Waals surface area (Å²) in [5.74, 6) is 0.342. The maximum atomic E-state index is 13.2. The molecular formula is C22H26FNO2. The highest BCUT2D eigenvalue weighted by molar-refractivity contribution is 6.00. The molecule has 0 radical (unpaired) electrons. The average molecular weight is 355 g/mol. The van der Waals surface area contributed by atoms with Crippen molar-refractivity contribution in [2.45, 2.75) is 25.7 Å². The van der Waals surface area contributed by atoms with Crippen LogP contribution in [0.4, 0.5) is 4.39 Å². The van der Waals surface area contributed by atoms with Gasteiger partial charge in [-0.25, -0.2) is 4.39 Å². The van der Waals surface area contributed by atoms with Gasteiger partial charge in [-0.1, -0.05) is 30.3 Å². The Morgan fingerprint density at radius 2 is 1.96 bits per heavy atom. The lowest BCUT2D eigenvalue weighted by Crippen LogP contribution is -2.40. The van der Waals surface area contributed by atoms with Crippen molar-refractivity contribution >= 4 is 5.91 Å². The molecule has 4 heteroatoms. The molecule has 1 atom stereocenters. The highest BCUT2D eigenvalue weighted by Gasteiger charge is 2.25. The number of nitrogens with zero attached hydrogens (tertiary/aromatic N) is 1. The summed E-state index contributed by atoms with van der Waals surface area (Å²) >= 11 is 0. The normalized spacial score (nSPS) is 17.3. The fourth-order valence-corrected chi connectivity index (χ4v) is 3.72. The van der Waals surface area contributed by atoms with E-state index in [1.807, 2.05) is 29.2 Å². The number of rotatable bonds is 6.